The number of phenols is 15. The summed E-state index contributed by atoms with van der Waals surface area (Å²) in [5, 5.41) is 160. The summed E-state index contributed by atoms with van der Waals surface area (Å²) < 4.78 is 0. The molecule has 0 unspecified atom stereocenters. The minimum Gasteiger partial charge on any atom is -0.504 e. The second-order valence-corrected chi connectivity index (χ2v) is 11.2. The van der Waals surface area contributed by atoms with Crippen LogP contribution >= 0.6 is 0 Å². The lowest BCUT2D eigenvalue weighted by atomic mass is 9.81. The van der Waals surface area contributed by atoms with Gasteiger partial charge in [0, 0.05) is 43.6 Å². The molecule has 15 N–H and O–H groups in total. The molecule has 0 atom stereocenters. The van der Waals surface area contributed by atoms with E-state index in [1.165, 1.54) is 12.1 Å². The molecule has 7 rings (SSSR count). The van der Waals surface area contributed by atoms with E-state index in [1.54, 1.807) is 30.3 Å². The summed E-state index contributed by atoms with van der Waals surface area (Å²) in [6.45, 7) is 0. The van der Waals surface area contributed by atoms with Gasteiger partial charge in [0.2, 0.25) is 40.2 Å². The van der Waals surface area contributed by atoms with Crippen molar-refractivity contribution in [3.8, 4) is 108 Å². The number of benzene rings is 7. The zero-order valence-electron chi connectivity index (χ0n) is 24.2. The van der Waals surface area contributed by atoms with Crippen molar-refractivity contribution in [3.63, 3.8) is 0 Å². The summed E-state index contributed by atoms with van der Waals surface area (Å²) in [6, 6.07) is 11.4. The first-order valence-electron chi connectivity index (χ1n) is 13.9. The molecule has 0 aliphatic heterocycles. The van der Waals surface area contributed by atoms with E-state index in [1.807, 2.05) is 0 Å². The molecular weight excluding hydrogens is 648 g/mol. The highest BCUT2D eigenvalue weighted by Crippen LogP contribution is 2.66. The summed E-state index contributed by atoms with van der Waals surface area (Å²) in [7, 11) is 0. The molecule has 0 heterocycles. The Kier molecular flexibility index (Phi) is 6.04. The fourth-order valence-corrected chi connectivity index (χ4v) is 6.39. The molecule has 0 bridgehead atoms. The summed E-state index contributed by atoms with van der Waals surface area (Å²) in [6.07, 6.45) is 0. The normalized spacial score (nSPS) is 11.7. The third kappa shape index (κ3) is 3.65. The first-order valence-corrected chi connectivity index (χ1v) is 13.9. The van der Waals surface area contributed by atoms with Crippen LogP contribution in [-0.2, 0) is 0 Å². The van der Waals surface area contributed by atoms with Gasteiger partial charge in [-0.2, -0.15) is 0 Å². The van der Waals surface area contributed by atoms with E-state index in [9.17, 15) is 76.6 Å². The zero-order valence-corrected chi connectivity index (χ0v) is 24.2. The Morgan fingerprint density at radius 1 is 0.245 bits per heavy atom. The average molecular weight is 671 g/mol. The molecular formula is C34H22O15. The number of hydrogen-bond acceptors (Lipinski definition) is 15. The monoisotopic (exact) mass is 670 g/mol. The fourth-order valence-electron chi connectivity index (χ4n) is 6.39. The minimum absolute atomic E-state index is 0.0607. The van der Waals surface area contributed by atoms with Gasteiger partial charge in [-0.05, 0) is 22.4 Å². The lowest BCUT2D eigenvalue weighted by Crippen LogP contribution is -1.96. The van der Waals surface area contributed by atoms with Crippen molar-refractivity contribution in [2.24, 2.45) is 0 Å². The van der Waals surface area contributed by atoms with Gasteiger partial charge >= 0.3 is 0 Å². The average Bonchev–Trinajstić information content (AvgIpc) is 3.10. The Morgan fingerprint density at radius 3 is 1.00 bits per heavy atom. The van der Waals surface area contributed by atoms with Crippen molar-refractivity contribution < 1.29 is 76.6 Å². The summed E-state index contributed by atoms with van der Waals surface area (Å²) in [5.74, 6) is -20.2. The predicted octanol–water partition coefficient (Wildman–Crippen LogP) is 5.22. The molecule has 0 spiro atoms. The summed E-state index contributed by atoms with van der Waals surface area (Å²) in [5.41, 5.74) is -2.26. The number of phenolic OH excluding ortho intramolecular Hbond substituents is 15. The van der Waals surface area contributed by atoms with Crippen molar-refractivity contribution in [1.29, 1.82) is 0 Å². The molecule has 7 aromatic carbocycles. The molecule has 0 fully saturated rings. The van der Waals surface area contributed by atoms with Crippen molar-refractivity contribution >= 4 is 43.1 Å². The Bertz CT molecular complexity index is 2570. The Labute approximate surface area is 270 Å². The van der Waals surface area contributed by atoms with Crippen molar-refractivity contribution in [2.45, 2.75) is 0 Å². The molecule has 15 nitrogen and oxygen atoms in total. The maximum absolute atomic E-state index is 11.4. The SMILES string of the molecule is Oc1c(O)c(O)c2c(-c3c4c(O)c(O)c(O)c(O)c4c(-c4ccc5ccccc5c4)c4c(O)c(O)c(O)c(O)c34)c(O)c(O)c(O)c2c1O. The van der Waals surface area contributed by atoms with Crippen molar-refractivity contribution in [3.05, 3.63) is 42.5 Å². The van der Waals surface area contributed by atoms with E-state index >= 15 is 0 Å². The molecule has 7 aromatic rings. The highest BCUT2D eigenvalue weighted by Gasteiger charge is 2.36. The number of rotatable bonds is 2. The second kappa shape index (κ2) is 9.79. The Hall–Kier alpha value is -7.42. The van der Waals surface area contributed by atoms with Gasteiger partial charge in [-0.1, -0.05) is 36.4 Å². The molecule has 49 heavy (non-hydrogen) atoms. The number of fused-ring (bicyclic) bond motifs is 4. The molecule has 15 heteroatoms. The quantitative estimate of drug-likeness (QED) is 0.0637. The molecule has 0 saturated carbocycles. The van der Waals surface area contributed by atoms with E-state index in [0.717, 1.165) is 0 Å². The van der Waals surface area contributed by atoms with Gasteiger partial charge in [0.1, 0.15) is 0 Å². The van der Waals surface area contributed by atoms with Crippen LogP contribution in [0.25, 0.3) is 65.3 Å². The molecule has 0 radical (unpaired) electrons. The third-order valence-electron chi connectivity index (χ3n) is 8.65. The summed E-state index contributed by atoms with van der Waals surface area (Å²) >= 11 is 0. The van der Waals surface area contributed by atoms with Crippen LogP contribution in [0.3, 0.4) is 0 Å². The van der Waals surface area contributed by atoms with Crippen LogP contribution in [0.2, 0.25) is 0 Å². The Morgan fingerprint density at radius 2 is 0.571 bits per heavy atom. The molecule has 0 aliphatic rings. The van der Waals surface area contributed by atoms with Crippen LogP contribution in [0, 0.1) is 0 Å². The summed E-state index contributed by atoms with van der Waals surface area (Å²) in [4.78, 5) is 0. The van der Waals surface area contributed by atoms with Crippen molar-refractivity contribution in [2.75, 3.05) is 0 Å². The topological polar surface area (TPSA) is 303 Å². The minimum atomic E-state index is -1.46. The van der Waals surface area contributed by atoms with Gasteiger partial charge in [0.15, 0.2) is 46.0 Å². The second-order valence-electron chi connectivity index (χ2n) is 11.2. The molecule has 248 valence electrons. The molecule has 0 amide bonds. The molecule has 0 aromatic heterocycles. The van der Waals surface area contributed by atoms with Gasteiger partial charge in [0.05, 0.1) is 5.39 Å². The van der Waals surface area contributed by atoms with Gasteiger partial charge < -0.3 is 76.6 Å². The van der Waals surface area contributed by atoms with E-state index in [0.29, 0.717) is 10.8 Å². The van der Waals surface area contributed by atoms with Crippen LogP contribution in [0.5, 0.6) is 86.2 Å². The lowest BCUT2D eigenvalue weighted by molar-refractivity contribution is 0.347. The smallest absolute Gasteiger partial charge is 0.205 e. The van der Waals surface area contributed by atoms with E-state index in [2.05, 4.69) is 0 Å². The van der Waals surface area contributed by atoms with Crippen LogP contribution < -0.4 is 0 Å². The number of aromatic hydroxyl groups is 15. The van der Waals surface area contributed by atoms with Gasteiger partial charge in [0.25, 0.3) is 0 Å². The van der Waals surface area contributed by atoms with Gasteiger partial charge in [-0.3, -0.25) is 0 Å². The molecule has 0 saturated heterocycles. The maximum Gasteiger partial charge on any atom is 0.205 e. The molecule has 0 aliphatic carbocycles. The first-order chi connectivity index (χ1) is 23.1. The standard InChI is InChI=1S/C34H22O15/c35-20-13-11(10-6-5-8-3-1-2-4-9(8)7-10)14-16(24(39)32(47)30(45)21(14)36)12(15(13)23(38)31(46)29(20)44)17-18-19(26(41)28(43)22(17)37)27(42)34(49)33(48)25(18)40/h1-7,35-49H. The van der Waals surface area contributed by atoms with Crippen LogP contribution in [0.15, 0.2) is 42.5 Å². The predicted molar refractivity (Wildman–Crippen MR) is 172 cm³/mol. The van der Waals surface area contributed by atoms with E-state index in [4.69, 9.17) is 0 Å². The maximum atomic E-state index is 11.4. The van der Waals surface area contributed by atoms with E-state index < -0.39 is 130 Å². The van der Waals surface area contributed by atoms with Crippen LogP contribution in [-0.4, -0.2) is 76.6 Å². The van der Waals surface area contributed by atoms with Crippen molar-refractivity contribution in [1.82, 2.24) is 0 Å². The highest BCUT2D eigenvalue weighted by atomic mass is 16.4. The third-order valence-corrected chi connectivity index (χ3v) is 8.65. The zero-order chi connectivity index (χ0) is 35.5. The van der Waals surface area contributed by atoms with Crippen LogP contribution in [0.4, 0.5) is 0 Å². The largest absolute Gasteiger partial charge is 0.504 e. The Balaban J connectivity index is 1.91. The first kappa shape index (κ1) is 30.2. The lowest BCUT2D eigenvalue weighted by Gasteiger charge is -2.24. The number of hydrogen-bond donors (Lipinski definition) is 15. The van der Waals surface area contributed by atoms with E-state index in [-0.39, 0.29) is 11.1 Å². The van der Waals surface area contributed by atoms with Gasteiger partial charge in [-0.25, -0.2) is 0 Å². The highest BCUT2D eigenvalue weighted by molar-refractivity contribution is 6.32. The van der Waals surface area contributed by atoms with Gasteiger partial charge in [-0.15, -0.1) is 0 Å². The fraction of sp³-hybridized carbons (Fsp3) is 0. The van der Waals surface area contributed by atoms with Crippen LogP contribution in [0.1, 0.15) is 0 Å².